The molecule has 0 amide bonds. The molecular weight excluding hydrogens is 781 g/mol. The SMILES string of the molecule is c1ccc(-c2ccc(Nc3ccc4c(c3)-c3ccccc3C4(c3ccccc3)c3ccccc3)c(-c3cc(-c4nc5ccccc5o4)cc4oc5cc6ccccc6cc5c34)c2)cc1. The summed E-state index contributed by atoms with van der Waals surface area (Å²) in [7, 11) is 0. The average Bonchev–Trinajstić information content (AvgIpc) is 4.04. The molecule has 4 nitrogen and oxygen atoms in total. The lowest BCUT2D eigenvalue weighted by molar-refractivity contribution is 0.619. The Morgan fingerprint density at radius 3 is 1.83 bits per heavy atom. The number of oxazole rings is 1. The zero-order chi connectivity index (χ0) is 42.2. The van der Waals surface area contributed by atoms with Crippen LogP contribution >= 0.6 is 0 Å². The second-order valence-corrected chi connectivity index (χ2v) is 16.7. The Hall–Kier alpha value is -8.47. The fourth-order valence-electron chi connectivity index (χ4n) is 10.3. The van der Waals surface area contributed by atoms with E-state index in [1.807, 2.05) is 24.3 Å². The van der Waals surface area contributed by atoms with Gasteiger partial charge in [-0.15, -0.1) is 0 Å². The van der Waals surface area contributed by atoms with Crippen molar-refractivity contribution in [2.75, 3.05) is 5.32 Å². The van der Waals surface area contributed by atoms with E-state index in [1.165, 1.54) is 33.4 Å². The molecule has 0 fully saturated rings. The van der Waals surface area contributed by atoms with E-state index >= 15 is 0 Å². The third kappa shape index (κ3) is 5.59. The van der Waals surface area contributed by atoms with Gasteiger partial charge in [0, 0.05) is 33.3 Å². The van der Waals surface area contributed by atoms with Gasteiger partial charge in [0.15, 0.2) is 5.58 Å². The molecule has 64 heavy (non-hydrogen) atoms. The van der Waals surface area contributed by atoms with Crippen LogP contribution in [0.2, 0.25) is 0 Å². The van der Waals surface area contributed by atoms with Gasteiger partial charge in [-0.25, -0.2) is 4.98 Å². The number of fused-ring (bicyclic) bond motifs is 8. The van der Waals surface area contributed by atoms with E-state index in [0.717, 1.165) is 83.0 Å². The van der Waals surface area contributed by atoms with Crippen molar-refractivity contribution >= 4 is 55.2 Å². The van der Waals surface area contributed by atoms with Gasteiger partial charge in [0.05, 0.1) is 5.41 Å². The van der Waals surface area contributed by atoms with Gasteiger partial charge in [-0.3, -0.25) is 0 Å². The first kappa shape index (κ1) is 36.2. The second-order valence-electron chi connectivity index (χ2n) is 16.7. The third-order valence-corrected chi connectivity index (χ3v) is 13.1. The second kappa shape index (κ2) is 14.3. The highest BCUT2D eigenvalue weighted by Gasteiger charge is 2.46. The van der Waals surface area contributed by atoms with Crippen LogP contribution in [0.5, 0.6) is 0 Å². The van der Waals surface area contributed by atoms with Crippen LogP contribution < -0.4 is 5.32 Å². The summed E-state index contributed by atoms with van der Waals surface area (Å²) in [6, 6.07) is 80.1. The number of anilines is 2. The van der Waals surface area contributed by atoms with Gasteiger partial charge in [-0.05, 0) is 122 Å². The van der Waals surface area contributed by atoms with Crippen molar-refractivity contribution in [2.45, 2.75) is 5.41 Å². The molecule has 1 N–H and O–H groups in total. The number of rotatable bonds is 7. The number of aromatic nitrogens is 1. The monoisotopic (exact) mass is 818 g/mol. The first-order valence-corrected chi connectivity index (χ1v) is 21.8. The zero-order valence-corrected chi connectivity index (χ0v) is 34.6. The number of hydrogen-bond donors (Lipinski definition) is 1. The van der Waals surface area contributed by atoms with Crippen LogP contribution in [0.4, 0.5) is 11.4 Å². The predicted octanol–water partition coefficient (Wildman–Crippen LogP) is 16.0. The molecule has 0 radical (unpaired) electrons. The lowest BCUT2D eigenvalue weighted by Crippen LogP contribution is -2.28. The van der Waals surface area contributed by atoms with Crippen molar-refractivity contribution in [1.82, 2.24) is 4.98 Å². The van der Waals surface area contributed by atoms with E-state index < -0.39 is 5.41 Å². The van der Waals surface area contributed by atoms with E-state index in [2.05, 4.69) is 206 Å². The lowest BCUT2D eigenvalue weighted by atomic mass is 9.68. The van der Waals surface area contributed by atoms with E-state index in [0.29, 0.717) is 5.89 Å². The minimum Gasteiger partial charge on any atom is -0.456 e. The summed E-state index contributed by atoms with van der Waals surface area (Å²) in [4.78, 5) is 4.96. The molecule has 0 spiro atoms. The van der Waals surface area contributed by atoms with E-state index in [1.54, 1.807) is 0 Å². The van der Waals surface area contributed by atoms with Crippen LogP contribution in [0, 0.1) is 0 Å². The van der Waals surface area contributed by atoms with Gasteiger partial charge in [-0.2, -0.15) is 0 Å². The Morgan fingerprint density at radius 1 is 0.391 bits per heavy atom. The molecule has 1 aliphatic carbocycles. The topological polar surface area (TPSA) is 51.2 Å². The molecule has 0 aliphatic heterocycles. The van der Waals surface area contributed by atoms with Crippen LogP contribution in [0.1, 0.15) is 22.3 Å². The fourth-order valence-corrected chi connectivity index (χ4v) is 10.3. The van der Waals surface area contributed by atoms with Crippen molar-refractivity contribution in [2.24, 2.45) is 0 Å². The van der Waals surface area contributed by atoms with Crippen molar-refractivity contribution < 1.29 is 8.83 Å². The van der Waals surface area contributed by atoms with Gasteiger partial charge >= 0.3 is 0 Å². The molecule has 2 aromatic heterocycles. The van der Waals surface area contributed by atoms with Crippen molar-refractivity contribution in [3.63, 3.8) is 0 Å². The summed E-state index contributed by atoms with van der Waals surface area (Å²) in [5.74, 6) is 0.543. The Morgan fingerprint density at radius 2 is 1.05 bits per heavy atom. The number of nitrogens with one attached hydrogen (secondary N) is 1. The molecule has 0 saturated heterocycles. The maximum Gasteiger partial charge on any atom is 0.227 e. The lowest BCUT2D eigenvalue weighted by Gasteiger charge is -2.33. The molecule has 10 aromatic carbocycles. The Bertz CT molecular complexity index is 3680. The predicted molar refractivity (Wildman–Crippen MR) is 262 cm³/mol. The molecule has 13 rings (SSSR count). The Kier molecular flexibility index (Phi) is 8.09. The maximum absolute atomic E-state index is 6.82. The molecular formula is C60H38N2O2. The van der Waals surface area contributed by atoms with Gasteiger partial charge in [0.25, 0.3) is 0 Å². The largest absolute Gasteiger partial charge is 0.456 e. The van der Waals surface area contributed by atoms with Crippen molar-refractivity contribution in [3.8, 4) is 44.8 Å². The van der Waals surface area contributed by atoms with E-state index in [9.17, 15) is 0 Å². The Labute approximate surface area is 369 Å². The Balaban J connectivity index is 1.04. The summed E-state index contributed by atoms with van der Waals surface area (Å²) in [6.45, 7) is 0. The summed E-state index contributed by atoms with van der Waals surface area (Å²) < 4.78 is 13.3. The first-order chi connectivity index (χ1) is 31.7. The highest BCUT2D eigenvalue weighted by molar-refractivity contribution is 6.17. The molecule has 0 unspecified atom stereocenters. The normalized spacial score (nSPS) is 12.8. The smallest absolute Gasteiger partial charge is 0.227 e. The molecule has 0 atom stereocenters. The van der Waals surface area contributed by atoms with Crippen molar-refractivity contribution in [1.29, 1.82) is 0 Å². The minimum atomic E-state index is -0.473. The molecule has 12 aromatic rings. The number of hydrogen-bond acceptors (Lipinski definition) is 4. The van der Waals surface area contributed by atoms with E-state index in [4.69, 9.17) is 13.8 Å². The quantitative estimate of drug-likeness (QED) is 0.174. The van der Waals surface area contributed by atoms with Crippen LogP contribution in [0.15, 0.2) is 233 Å². The van der Waals surface area contributed by atoms with Gasteiger partial charge in [0.2, 0.25) is 5.89 Å². The third-order valence-electron chi connectivity index (χ3n) is 13.1. The van der Waals surface area contributed by atoms with E-state index in [-0.39, 0.29) is 0 Å². The van der Waals surface area contributed by atoms with Crippen molar-refractivity contribution in [3.05, 3.63) is 247 Å². The first-order valence-electron chi connectivity index (χ1n) is 21.8. The molecule has 300 valence electrons. The molecule has 1 aliphatic rings. The molecule has 0 bridgehead atoms. The van der Waals surface area contributed by atoms with Crippen LogP contribution in [0.3, 0.4) is 0 Å². The summed E-state index contributed by atoms with van der Waals surface area (Å²) in [5.41, 5.74) is 17.3. The van der Waals surface area contributed by atoms with Gasteiger partial charge < -0.3 is 14.2 Å². The molecule has 2 heterocycles. The summed E-state index contributed by atoms with van der Waals surface area (Å²) in [6.07, 6.45) is 0. The summed E-state index contributed by atoms with van der Waals surface area (Å²) in [5, 5.41) is 8.33. The molecule has 0 saturated carbocycles. The highest BCUT2D eigenvalue weighted by Crippen LogP contribution is 2.57. The standard InChI is InChI=1S/C60H38N2O2/c1-4-16-38(17-5-1)41-28-31-53(61-45-29-30-52-47(37-45)46-24-12-13-25-51(46)60(52,43-20-6-2-7-21-43)44-22-8-3-9-23-44)48(32-41)49-34-42(59-62-54-26-14-15-27-55(54)64-59)36-57-58(49)50-33-39-18-10-11-19-40(39)35-56(50)63-57/h1-37,61H. The number of nitrogens with zero attached hydrogens (tertiary/aromatic N) is 1. The zero-order valence-electron chi connectivity index (χ0n) is 34.6. The average molecular weight is 819 g/mol. The summed E-state index contributed by atoms with van der Waals surface area (Å²) >= 11 is 0. The highest BCUT2D eigenvalue weighted by atomic mass is 16.3. The maximum atomic E-state index is 6.82. The van der Waals surface area contributed by atoms with Gasteiger partial charge in [0.1, 0.15) is 16.7 Å². The number of benzene rings is 10. The minimum absolute atomic E-state index is 0.473. The number of para-hydroxylation sites is 2. The van der Waals surface area contributed by atoms with Crippen LogP contribution in [0.25, 0.3) is 88.6 Å². The molecule has 4 heteroatoms. The van der Waals surface area contributed by atoms with Crippen LogP contribution in [-0.4, -0.2) is 4.98 Å². The van der Waals surface area contributed by atoms with Crippen LogP contribution in [-0.2, 0) is 5.41 Å². The fraction of sp³-hybridized carbons (Fsp3) is 0.0167. The number of furan rings is 1. The van der Waals surface area contributed by atoms with Gasteiger partial charge in [-0.1, -0.05) is 164 Å².